The van der Waals surface area contributed by atoms with Crippen LogP contribution in [0.4, 0.5) is 0 Å². The predicted octanol–water partition coefficient (Wildman–Crippen LogP) is 1.40. The van der Waals surface area contributed by atoms with E-state index in [1.165, 1.54) is 6.20 Å². The summed E-state index contributed by atoms with van der Waals surface area (Å²) in [6.45, 7) is 5.31. The lowest BCUT2D eigenvalue weighted by atomic mass is 10.0. The zero-order chi connectivity index (χ0) is 12.4. The van der Waals surface area contributed by atoms with Crippen molar-refractivity contribution in [3.05, 3.63) is 11.9 Å². The molecule has 0 saturated carbocycles. The summed E-state index contributed by atoms with van der Waals surface area (Å²) in [5.41, 5.74) is -0.120. The van der Waals surface area contributed by atoms with Crippen molar-refractivity contribution >= 4 is 21.6 Å². The van der Waals surface area contributed by atoms with Crippen LogP contribution in [-0.4, -0.2) is 30.0 Å². The zero-order valence-corrected chi connectivity index (χ0v) is 11.1. The lowest BCUT2D eigenvalue weighted by Gasteiger charge is -2.26. The predicted molar refractivity (Wildman–Crippen MR) is 63.1 cm³/mol. The summed E-state index contributed by atoms with van der Waals surface area (Å²) in [6, 6.07) is 0. The molecular weight excluding hydrogens is 250 g/mol. The van der Waals surface area contributed by atoms with Crippen molar-refractivity contribution in [3.63, 3.8) is 0 Å². The van der Waals surface area contributed by atoms with Crippen LogP contribution >= 0.6 is 11.6 Å². The van der Waals surface area contributed by atoms with E-state index in [1.807, 2.05) is 6.92 Å². The van der Waals surface area contributed by atoms with Crippen LogP contribution < -0.4 is 4.72 Å². The first-order valence-corrected chi connectivity index (χ1v) is 6.96. The molecule has 0 bridgehead atoms. The van der Waals surface area contributed by atoms with E-state index in [9.17, 15) is 8.42 Å². The molecule has 1 aromatic heterocycles. The number of sulfonamides is 1. The summed E-state index contributed by atoms with van der Waals surface area (Å²) in [5.74, 6) is 0.222. The first kappa shape index (κ1) is 13.5. The first-order chi connectivity index (χ1) is 7.34. The summed E-state index contributed by atoms with van der Waals surface area (Å²) < 4.78 is 26.6. The van der Waals surface area contributed by atoms with Crippen molar-refractivity contribution in [2.75, 3.05) is 5.88 Å². The molecule has 0 spiro atoms. The average molecular weight is 266 g/mol. The number of hydrogen-bond acceptors (Lipinski definition) is 3. The van der Waals surface area contributed by atoms with E-state index in [2.05, 4.69) is 14.9 Å². The second-order valence-electron chi connectivity index (χ2n) is 4.01. The van der Waals surface area contributed by atoms with Gasteiger partial charge in [-0.05, 0) is 20.3 Å². The van der Waals surface area contributed by atoms with E-state index in [4.69, 9.17) is 11.6 Å². The van der Waals surface area contributed by atoms with Gasteiger partial charge in [0.05, 0.1) is 11.9 Å². The fourth-order valence-electron chi connectivity index (χ4n) is 1.18. The molecular formula is C9H16ClN3O2S. The van der Waals surface area contributed by atoms with Gasteiger partial charge in [-0.1, -0.05) is 6.92 Å². The average Bonchev–Trinajstić information content (AvgIpc) is 2.64. The minimum atomic E-state index is -3.56. The Balaban J connectivity index is 3.02. The fourth-order valence-corrected chi connectivity index (χ4v) is 3.13. The standard InChI is InChI=1S/C9H16ClN3O2S/c1-4-9(3,6-10)13-16(14,15)8-5-11-12-7(8)2/h5,13H,4,6H2,1-3H3,(H,11,12). The van der Waals surface area contributed by atoms with Crippen LogP contribution in [0.5, 0.6) is 0 Å². The normalized spacial score (nSPS) is 16.0. The number of rotatable bonds is 5. The van der Waals surface area contributed by atoms with Gasteiger partial charge >= 0.3 is 0 Å². The Bertz CT molecular complexity index is 451. The van der Waals surface area contributed by atoms with Gasteiger partial charge in [0, 0.05) is 11.4 Å². The monoisotopic (exact) mass is 265 g/mol. The minimum absolute atomic E-state index is 0.164. The molecule has 5 nitrogen and oxygen atoms in total. The molecule has 0 aromatic carbocycles. The Labute approximate surface area is 101 Å². The van der Waals surface area contributed by atoms with Gasteiger partial charge in [-0.25, -0.2) is 13.1 Å². The number of nitrogens with one attached hydrogen (secondary N) is 2. The minimum Gasteiger partial charge on any atom is -0.281 e. The maximum absolute atomic E-state index is 12.0. The largest absolute Gasteiger partial charge is 0.281 e. The van der Waals surface area contributed by atoms with E-state index in [-0.39, 0.29) is 10.8 Å². The molecule has 2 N–H and O–H groups in total. The molecule has 7 heteroatoms. The highest BCUT2D eigenvalue weighted by Gasteiger charge is 2.29. The summed E-state index contributed by atoms with van der Waals surface area (Å²) in [6.07, 6.45) is 1.91. The van der Waals surface area contributed by atoms with Crippen molar-refractivity contribution < 1.29 is 8.42 Å². The first-order valence-electron chi connectivity index (χ1n) is 4.94. The van der Waals surface area contributed by atoms with Crippen LogP contribution in [0.2, 0.25) is 0 Å². The van der Waals surface area contributed by atoms with Crippen LogP contribution in [0.3, 0.4) is 0 Å². The van der Waals surface area contributed by atoms with Gasteiger partial charge in [-0.3, -0.25) is 5.10 Å². The van der Waals surface area contributed by atoms with Gasteiger partial charge in [0.25, 0.3) is 0 Å². The van der Waals surface area contributed by atoms with E-state index >= 15 is 0 Å². The zero-order valence-electron chi connectivity index (χ0n) is 9.54. The van der Waals surface area contributed by atoms with E-state index in [1.54, 1.807) is 13.8 Å². The number of hydrogen-bond donors (Lipinski definition) is 2. The number of aromatic nitrogens is 2. The Morgan fingerprint density at radius 1 is 1.62 bits per heavy atom. The SMILES string of the molecule is CCC(C)(CCl)NS(=O)(=O)c1cn[nH]c1C. The quantitative estimate of drug-likeness (QED) is 0.791. The third-order valence-electron chi connectivity index (χ3n) is 2.53. The molecule has 0 amide bonds. The lowest BCUT2D eigenvalue weighted by Crippen LogP contribution is -2.46. The molecule has 1 unspecified atom stereocenters. The molecule has 0 saturated heterocycles. The van der Waals surface area contributed by atoms with Gasteiger partial charge in [0.15, 0.2) is 0 Å². The third-order valence-corrected chi connectivity index (χ3v) is 4.87. The number of halogens is 1. The smallest absolute Gasteiger partial charge is 0.244 e. The Kier molecular flexibility index (Phi) is 3.98. The molecule has 1 atom stereocenters. The van der Waals surface area contributed by atoms with Crippen molar-refractivity contribution in [1.29, 1.82) is 0 Å². The molecule has 0 aliphatic heterocycles. The number of alkyl halides is 1. The van der Waals surface area contributed by atoms with Gasteiger partial charge in [-0.15, -0.1) is 11.6 Å². The van der Waals surface area contributed by atoms with Gasteiger partial charge < -0.3 is 0 Å². The van der Waals surface area contributed by atoms with Crippen molar-refractivity contribution in [2.24, 2.45) is 0 Å². The van der Waals surface area contributed by atoms with Crippen LogP contribution in [0, 0.1) is 6.92 Å². The molecule has 0 fully saturated rings. The van der Waals surface area contributed by atoms with Crippen molar-refractivity contribution in [1.82, 2.24) is 14.9 Å². The second kappa shape index (κ2) is 4.73. The highest BCUT2D eigenvalue weighted by atomic mass is 35.5. The number of aryl methyl sites for hydroxylation is 1. The maximum atomic E-state index is 12.0. The highest BCUT2D eigenvalue weighted by Crippen LogP contribution is 2.18. The third kappa shape index (κ3) is 2.75. The molecule has 92 valence electrons. The molecule has 0 radical (unpaired) electrons. The Hall–Kier alpha value is -0.590. The lowest BCUT2D eigenvalue weighted by molar-refractivity contribution is 0.444. The molecule has 0 aliphatic carbocycles. The Morgan fingerprint density at radius 3 is 2.62 bits per heavy atom. The second-order valence-corrected chi connectivity index (χ2v) is 5.93. The van der Waals surface area contributed by atoms with Crippen molar-refractivity contribution in [3.8, 4) is 0 Å². The fraction of sp³-hybridized carbons (Fsp3) is 0.667. The number of H-pyrrole nitrogens is 1. The van der Waals surface area contributed by atoms with Gasteiger partial charge in [0.1, 0.15) is 4.90 Å². The molecule has 1 aromatic rings. The molecule has 16 heavy (non-hydrogen) atoms. The van der Waals surface area contributed by atoms with Gasteiger partial charge in [-0.2, -0.15) is 5.10 Å². The van der Waals surface area contributed by atoms with Crippen molar-refractivity contribution in [2.45, 2.75) is 37.6 Å². The number of aromatic amines is 1. The maximum Gasteiger partial charge on any atom is 0.244 e. The Morgan fingerprint density at radius 2 is 2.25 bits per heavy atom. The summed E-state index contributed by atoms with van der Waals surface area (Å²) in [5, 5.41) is 6.29. The van der Waals surface area contributed by atoms with Crippen LogP contribution in [-0.2, 0) is 10.0 Å². The van der Waals surface area contributed by atoms with Crippen LogP contribution in [0.25, 0.3) is 0 Å². The summed E-state index contributed by atoms with van der Waals surface area (Å²) >= 11 is 5.77. The van der Waals surface area contributed by atoms with Crippen LogP contribution in [0.1, 0.15) is 26.0 Å². The summed E-state index contributed by atoms with van der Waals surface area (Å²) in [4.78, 5) is 0.164. The highest BCUT2D eigenvalue weighted by molar-refractivity contribution is 7.89. The van der Waals surface area contributed by atoms with Gasteiger partial charge in [0.2, 0.25) is 10.0 Å². The van der Waals surface area contributed by atoms with E-state index in [0.29, 0.717) is 12.1 Å². The molecule has 0 aliphatic rings. The topological polar surface area (TPSA) is 74.8 Å². The summed E-state index contributed by atoms with van der Waals surface area (Å²) in [7, 11) is -3.56. The van der Waals surface area contributed by atoms with Crippen LogP contribution in [0.15, 0.2) is 11.1 Å². The van der Waals surface area contributed by atoms with E-state index in [0.717, 1.165) is 0 Å². The van der Waals surface area contributed by atoms with E-state index < -0.39 is 15.6 Å². The molecule has 1 heterocycles. The number of nitrogens with zero attached hydrogens (tertiary/aromatic N) is 1. The molecule has 1 rings (SSSR count).